The Morgan fingerprint density at radius 2 is 2.20 bits per heavy atom. The van der Waals surface area contributed by atoms with Crippen molar-refractivity contribution in [2.24, 2.45) is 0 Å². The quantitative estimate of drug-likeness (QED) is 0.778. The van der Waals surface area contributed by atoms with E-state index in [4.69, 9.17) is 0 Å². The van der Waals surface area contributed by atoms with Gasteiger partial charge in [0.05, 0.1) is 6.61 Å². The van der Waals surface area contributed by atoms with E-state index in [0.29, 0.717) is 6.61 Å². The second-order valence-corrected chi connectivity index (χ2v) is 6.42. The molecule has 2 fully saturated rings. The SMILES string of the molecule is OCC1(CC2CCCCS2)CCCCN1. The Morgan fingerprint density at radius 1 is 1.27 bits per heavy atom. The Balaban J connectivity index is 1.87. The summed E-state index contributed by atoms with van der Waals surface area (Å²) in [4.78, 5) is 0. The van der Waals surface area contributed by atoms with Crippen LogP contribution >= 0.6 is 11.8 Å². The molecule has 0 saturated carbocycles. The smallest absolute Gasteiger partial charge is 0.0613 e. The fourth-order valence-corrected chi connectivity index (χ4v) is 4.28. The first-order valence-corrected chi connectivity index (χ1v) is 7.37. The Kier molecular flexibility index (Phi) is 4.35. The highest BCUT2D eigenvalue weighted by Gasteiger charge is 2.34. The molecule has 0 aliphatic carbocycles. The van der Waals surface area contributed by atoms with E-state index in [1.54, 1.807) is 0 Å². The second kappa shape index (κ2) is 5.55. The number of rotatable bonds is 3. The van der Waals surface area contributed by atoms with Crippen LogP contribution in [0.1, 0.15) is 44.9 Å². The van der Waals surface area contributed by atoms with Gasteiger partial charge in [-0.2, -0.15) is 11.8 Å². The van der Waals surface area contributed by atoms with Gasteiger partial charge in [-0.15, -0.1) is 0 Å². The summed E-state index contributed by atoms with van der Waals surface area (Å²) in [6.45, 7) is 1.42. The molecular formula is C12H23NOS. The molecule has 0 spiro atoms. The van der Waals surface area contributed by atoms with Gasteiger partial charge in [0.2, 0.25) is 0 Å². The molecule has 2 N–H and O–H groups in total. The summed E-state index contributed by atoms with van der Waals surface area (Å²) in [6.07, 6.45) is 9.03. The van der Waals surface area contributed by atoms with Crippen LogP contribution in [0.4, 0.5) is 0 Å². The molecule has 0 radical (unpaired) electrons. The van der Waals surface area contributed by atoms with Crippen molar-refractivity contribution in [3.8, 4) is 0 Å². The van der Waals surface area contributed by atoms with Gasteiger partial charge < -0.3 is 10.4 Å². The highest BCUT2D eigenvalue weighted by molar-refractivity contribution is 7.99. The maximum Gasteiger partial charge on any atom is 0.0613 e. The summed E-state index contributed by atoms with van der Waals surface area (Å²) in [5.41, 5.74) is 0.0628. The summed E-state index contributed by atoms with van der Waals surface area (Å²) in [5, 5.41) is 14.0. The lowest BCUT2D eigenvalue weighted by molar-refractivity contribution is 0.122. The lowest BCUT2D eigenvalue weighted by Gasteiger charge is -2.40. The zero-order valence-electron chi connectivity index (χ0n) is 9.50. The van der Waals surface area contributed by atoms with Crippen LogP contribution in [-0.2, 0) is 0 Å². The van der Waals surface area contributed by atoms with E-state index in [9.17, 15) is 5.11 Å². The van der Waals surface area contributed by atoms with Crippen molar-refractivity contribution in [2.45, 2.75) is 55.7 Å². The summed E-state index contributed by atoms with van der Waals surface area (Å²) in [7, 11) is 0. The molecule has 2 aliphatic rings. The average Bonchev–Trinajstić information content (AvgIpc) is 2.32. The summed E-state index contributed by atoms with van der Waals surface area (Å²) in [5.74, 6) is 1.33. The Bertz CT molecular complexity index is 186. The molecule has 0 bridgehead atoms. The number of piperidine rings is 1. The van der Waals surface area contributed by atoms with Crippen molar-refractivity contribution < 1.29 is 5.11 Å². The molecule has 88 valence electrons. The predicted molar refractivity (Wildman–Crippen MR) is 66.4 cm³/mol. The average molecular weight is 229 g/mol. The molecule has 2 rings (SSSR count). The fraction of sp³-hybridized carbons (Fsp3) is 1.00. The van der Waals surface area contributed by atoms with Crippen LogP contribution in [0.3, 0.4) is 0 Å². The molecule has 2 saturated heterocycles. The molecular weight excluding hydrogens is 206 g/mol. The van der Waals surface area contributed by atoms with E-state index in [1.165, 1.54) is 50.7 Å². The van der Waals surface area contributed by atoms with Crippen molar-refractivity contribution in [1.82, 2.24) is 5.32 Å². The van der Waals surface area contributed by atoms with Crippen LogP contribution < -0.4 is 5.32 Å². The van der Waals surface area contributed by atoms with Crippen LogP contribution in [-0.4, -0.2) is 34.8 Å². The van der Waals surface area contributed by atoms with Gasteiger partial charge in [-0.05, 0) is 44.4 Å². The van der Waals surface area contributed by atoms with Gasteiger partial charge in [-0.25, -0.2) is 0 Å². The van der Waals surface area contributed by atoms with Crippen LogP contribution in [0, 0.1) is 0 Å². The zero-order valence-corrected chi connectivity index (χ0v) is 10.3. The van der Waals surface area contributed by atoms with Gasteiger partial charge in [0, 0.05) is 10.8 Å². The minimum absolute atomic E-state index is 0.0628. The maximum absolute atomic E-state index is 9.60. The molecule has 2 atom stereocenters. The second-order valence-electron chi connectivity index (χ2n) is 5.02. The van der Waals surface area contributed by atoms with Crippen LogP contribution in [0.15, 0.2) is 0 Å². The molecule has 3 heteroatoms. The van der Waals surface area contributed by atoms with Gasteiger partial charge in [0.15, 0.2) is 0 Å². The number of aliphatic hydroxyl groups is 1. The van der Waals surface area contributed by atoms with Gasteiger partial charge in [-0.1, -0.05) is 12.8 Å². The number of thioether (sulfide) groups is 1. The van der Waals surface area contributed by atoms with Crippen LogP contribution in [0.2, 0.25) is 0 Å². The summed E-state index contributed by atoms with van der Waals surface area (Å²) in [6, 6.07) is 0. The largest absolute Gasteiger partial charge is 0.394 e. The fourth-order valence-electron chi connectivity index (χ4n) is 2.81. The highest BCUT2D eigenvalue weighted by Crippen LogP contribution is 2.34. The van der Waals surface area contributed by atoms with E-state index in [0.717, 1.165) is 11.8 Å². The first kappa shape index (κ1) is 11.7. The van der Waals surface area contributed by atoms with Crippen molar-refractivity contribution in [3.05, 3.63) is 0 Å². The Labute approximate surface area is 97.2 Å². The number of hydrogen-bond donors (Lipinski definition) is 2. The van der Waals surface area contributed by atoms with Gasteiger partial charge in [0.25, 0.3) is 0 Å². The van der Waals surface area contributed by atoms with E-state index >= 15 is 0 Å². The van der Waals surface area contributed by atoms with Gasteiger partial charge in [0.1, 0.15) is 0 Å². The topological polar surface area (TPSA) is 32.3 Å². The molecule has 2 nitrogen and oxygen atoms in total. The Morgan fingerprint density at radius 3 is 2.80 bits per heavy atom. The molecule has 0 aromatic heterocycles. The number of aliphatic hydroxyl groups excluding tert-OH is 1. The first-order chi connectivity index (χ1) is 7.35. The third kappa shape index (κ3) is 3.11. The van der Waals surface area contributed by atoms with E-state index in [1.807, 2.05) is 0 Å². The monoisotopic (exact) mass is 229 g/mol. The van der Waals surface area contributed by atoms with E-state index < -0.39 is 0 Å². The van der Waals surface area contributed by atoms with Crippen molar-refractivity contribution in [3.63, 3.8) is 0 Å². The Hall–Kier alpha value is 0.270. The highest BCUT2D eigenvalue weighted by atomic mass is 32.2. The molecule has 0 amide bonds. The zero-order chi connectivity index (χ0) is 10.6. The van der Waals surface area contributed by atoms with Crippen molar-refractivity contribution >= 4 is 11.8 Å². The lowest BCUT2D eigenvalue weighted by atomic mass is 9.84. The number of nitrogens with one attached hydrogen (secondary N) is 1. The minimum Gasteiger partial charge on any atom is -0.394 e. The van der Waals surface area contributed by atoms with Gasteiger partial charge >= 0.3 is 0 Å². The third-order valence-electron chi connectivity index (χ3n) is 3.78. The first-order valence-electron chi connectivity index (χ1n) is 6.32. The van der Waals surface area contributed by atoms with Gasteiger partial charge in [-0.3, -0.25) is 0 Å². The third-order valence-corrected chi connectivity index (χ3v) is 5.18. The molecule has 0 aromatic carbocycles. The van der Waals surface area contributed by atoms with E-state index in [2.05, 4.69) is 17.1 Å². The van der Waals surface area contributed by atoms with Crippen molar-refractivity contribution in [1.29, 1.82) is 0 Å². The molecule has 0 aromatic rings. The normalized spacial score (nSPS) is 37.8. The lowest BCUT2D eigenvalue weighted by Crippen LogP contribution is -2.53. The van der Waals surface area contributed by atoms with Crippen LogP contribution in [0.5, 0.6) is 0 Å². The predicted octanol–water partition coefficient (Wildman–Crippen LogP) is 2.17. The summed E-state index contributed by atoms with van der Waals surface area (Å²) < 4.78 is 0. The minimum atomic E-state index is 0.0628. The van der Waals surface area contributed by atoms with Crippen molar-refractivity contribution in [2.75, 3.05) is 18.9 Å². The van der Waals surface area contributed by atoms with Crippen LogP contribution in [0.25, 0.3) is 0 Å². The number of hydrogen-bond acceptors (Lipinski definition) is 3. The molecule has 2 unspecified atom stereocenters. The molecule has 2 aliphatic heterocycles. The maximum atomic E-state index is 9.60. The summed E-state index contributed by atoms with van der Waals surface area (Å²) >= 11 is 2.12. The molecule has 15 heavy (non-hydrogen) atoms. The molecule has 2 heterocycles. The van der Waals surface area contributed by atoms with E-state index in [-0.39, 0.29) is 5.54 Å². The standard InChI is InChI=1S/C12H23NOS/c14-10-12(6-2-3-7-13-12)9-11-5-1-4-8-15-11/h11,13-14H,1-10H2.